The standard InChI is InChI=1S/C15H20N2OS/c1-3-16-10-13-11-19-15(17-13)14(18-4-2)12-8-6-5-7-9-12/h5-9,11,14,16H,3-4,10H2,1-2H3. The van der Waals surface area contributed by atoms with Gasteiger partial charge in [-0.15, -0.1) is 11.3 Å². The lowest BCUT2D eigenvalue weighted by atomic mass is 10.1. The van der Waals surface area contributed by atoms with Gasteiger partial charge in [0, 0.05) is 18.5 Å². The molecule has 1 atom stereocenters. The molecule has 0 saturated carbocycles. The second-order valence-corrected chi connectivity index (χ2v) is 5.09. The van der Waals surface area contributed by atoms with Crippen LogP contribution < -0.4 is 5.32 Å². The zero-order valence-corrected chi connectivity index (χ0v) is 12.2. The van der Waals surface area contributed by atoms with Crippen LogP contribution in [-0.4, -0.2) is 18.1 Å². The molecule has 0 bridgehead atoms. The third-order valence-electron chi connectivity index (χ3n) is 2.79. The Bertz CT molecular complexity index is 484. The predicted molar refractivity (Wildman–Crippen MR) is 79.4 cm³/mol. The summed E-state index contributed by atoms with van der Waals surface area (Å²) < 4.78 is 5.86. The van der Waals surface area contributed by atoms with Gasteiger partial charge in [0.15, 0.2) is 0 Å². The fourth-order valence-corrected chi connectivity index (χ4v) is 2.77. The van der Waals surface area contributed by atoms with Gasteiger partial charge in [-0.25, -0.2) is 4.98 Å². The minimum Gasteiger partial charge on any atom is -0.367 e. The molecule has 102 valence electrons. The molecule has 0 aliphatic rings. The summed E-state index contributed by atoms with van der Waals surface area (Å²) in [5, 5.41) is 6.42. The summed E-state index contributed by atoms with van der Waals surface area (Å²) in [6.45, 7) is 6.58. The lowest BCUT2D eigenvalue weighted by Gasteiger charge is -2.14. The van der Waals surface area contributed by atoms with Gasteiger partial charge in [-0.05, 0) is 19.0 Å². The lowest BCUT2D eigenvalue weighted by molar-refractivity contribution is 0.0910. The molecular weight excluding hydrogens is 256 g/mol. The number of nitrogens with zero attached hydrogens (tertiary/aromatic N) is 1. The zero-order chi connectivity index (χ0) is 13.5. The summed E-state index contributed by atoms with van der Waals surface area (Å²) >= 11 is 1.67. The Morgan fingerprint density at radius 2 is 2.05 bits per heavy atom. The van der Waals surface area contributed by atoms with E-state index in [4.69, 9.17) is 4.74 Å². The Morgan fingerprint density at radius 1 is 1.26 bits per heavy atom. The molecule has 0 radical (unpaired) electrons. The number of hydrogen-bond donors (Lipinski definition) is 1. The molecule has 0 spiro atoms. The van der Waals surface area contributed by atoms with Gasteiger partial charge in [0.1, 0.15) is 11.1 Å². The molecule has 0 amide bonds. The van der Waals surface area contributed by atoms with Crippen LogP contribution in [0.5, 0.6) is 0 Å². The van der Waals surface area contributed by atoms with E-state index in [2.05, 4.69) is 34.7 Å². The highest BCUT2D eigenvalue weighted by atomic mass is 32.1. The van der Waals surface area contributed by atoms with E-state index in [1.165, 1.54) is 0 Å². The van der Waals surface area contributed by atoms with Crippen LogP contribution in [0.1, 0.15) is 36.2 Å². The lowest BCUT2D eigenvalue weighted by Crippen LogP contribution is -2.12. The highest BCUT2D eigenvalue weighted by Crippen LogP contribution is 2.28. The molecule has 1 unspecified atom stereocenters. The van der Waals surface area contributed by atoms with Gasteiger partial charge in [0.2, 0.25) is 0 Å². The number of rotatable bonds is 7. The SMILES string of the molecule is CCNCc1csc(C(OCC)c2ccccc2)n1. The maximum absolute atomic E-state index is 5.86. The Kier molecular flexibility index (Phi) is 5.51. The van der Waals surface area contributed by atoms with Crippen LogP contribution in [0.25, 0.3) is 0 Å². The first-order valence-electron chi connectivity index (χ1n) is 6.66. The molecule has 1 heterocycles. The minimum atomic E-state index is -0.0495. The number of nitrogens with one attached hydrogen (secondary N) is 1. The highest BCUT2D eigenvalue weighted by Gasteiger charge is 2.17. The molecular formula is C15H20N2OS. The largest absolute Gasteiger partial charge is 0.367 e. The van der Waals surface area contributed by atoms with E-state index in [-0.39, 0.29) is 6.10 Å². The summed E-state index contributed by atoms with van der Waals surface area (Å²) in [5.41, 5.74) is 2.25. The average Bonchev–Trinajstić information content (AvgIpc) is 2.92. The normalized spacial score (nSPS) is 12.5. The van der Waals surface area contributed by atoms with Crippen LogP contribution >= 0.6 is 11.3 Å². The molecule has 2 aromatic rings. The molecule has 1 aromatic heterocycles. The maximum Gasteiger partial charge on any atom is 0.134 e. The fraction of sp³-hybridized carbons (Fsp3) is 0.400. The van der Waals surface area contributed by atoms with E-state index in [9.17, 15) is 0 Å². The molecule has 0 aliphatic carbocycles. The third kappa shape index (κ3) is 3.86. The first kappa shape index (κ1) is 14.2. The number of thiazole rings is 1. The number of ether oxygens (including phenoxy) is 1. The van der Waals surface area contributed by atoms with Crippen LogP contribution in [0, 0.1) is 0 Å². The molecule has 0 saturated heterocycles. The Labute approximate surface area is 118 Å². The van der Waals surface area contributed by atoms with Crippen LogP contribution in [-0.2, 0) is 11.3 Å². The second kappa shape index (κ2) is 7.38. The monoisotopic (exact) mass is 276 g/mol. The number of hydrogen-bond acceptors (Lipinski definition) is 4. The fourth-order valence-electron chi connectivity index (χ4n) is 1.88. The van der Waals surface area contributed by atoms with Gasteiger partial charge in [-0.3, -0.25) is 0 Å². The van der Waals surface area contributed by atoms with Crippen molar-refractivity contribution in [2.75, 3.05) is 13.2 Å². The number of benzene rings is 1. The van der Waals surface area contributed by atoms with E-state index in [0.29, 0.717) is 6.61 Å². The van der Waals surface area contributed by atoms with Crippen LogP contribution in [0.4, 0.5) is 0 Å². The summed E-state index contributed by atoms with van der Waals surface area (Å²) in [6.07, 6.45) is -0.0495. The Morgan fingerprint density at radius 3 is 2.74 bits per heavy atom. The molecule has 0 fully saturated rings. The average molecular weight is 276 g/mol. The zero-order valence-electron chi connectivity index (χ0n) is 11.4. The third-order valence-corrected chi connectivity index (χ3v) is 3.72. The molecule has 4 heteroatoms. The molecule has 3 nitrogen and oxygen atoms in total. The number of aromatic nitrogens is 1. The maximum atomic E-state index is 5.86. The highest BCUT2D eigenvalue weighted by molar-refractivity contribution is 7.09. The Balaban J connectivity index is 2.17. The van der Waals surface area contributed by atoms with Crippen molar-refractivity contribution in [3.8, 4) is 0 Å². The first-order valence-corrected chi connectivity index (χ1v) is 7.54. The topological polar surface area (TPSA) is 34.1 Å². The Hall–Kier alpha value is -1.23. The van der Waals surface area contributed by atoms with E-state index in [1.54, 1.807) is 11.3 Å². The van der Waals surface area contributed by atoms with Gasteiger partial charge in [-0.1, -0.05) is 37.3 Å². The summed E-state index contributed by atoms with van der Waals surface area (Å²) in [6, 6.07) is 10.3. The van der Waals surface area contributed by atoms with Gasteiger partial charge < -0.3 is 10.1 Å². The van der Waals surface area contributed by atoms with Crippen molar-refractivity contribution in [1.82, 2.24) is 10.3 Å². The van der Waals surface area contributed by atoms with Gasteiger partial charge in [0.25, 0.3) is 0 Å². The van der Waals surface area contributed by atoms with Gasteiger partial charge in [-0.2, -0.15) is 0 Å². The van der Waals surface area contributed by atoms with Crippen LogP contribution in [0.2, 0.25) is 0 Å². The molecule has 0 aliphatic heterocycles. The summed E-state index contributed by atoms with van der Waals surface area (Å²) in [4.78, 5) is 4.67. The summed E-state index contributed by atoms with van der Waals surface area (Å²) in [7, 11) is 0. The van der Waals surface area contributed by atoms with Crippen molar-refractivity contribution in [3.05, 3.63) is 52.0 Å². The summed E-state index contributed by atoms with van der Waals surface area (Å²) in [5.74, 6) is 0. The van der Waals surface area contributed by atoms with Crippen molar-refractivity contribution in [2.45, 2.75) is 26.5 Å². The van der Waals surface area contributed by atoms with Crippen molar-refractivity contribution in [2.24, 2.45) is 0 Å². The molecule has 1 aromatic carbocycles. The minimum absolute atomic E-state index is 0.0495. The predicted octanol–water partition coefficient (Wildman–Crippen LogP) is 3.38. The molecule has 19 heavy (non-hydrogen) atoms. The van der Waals surface area contributed by atoms with Crippen LogP contribution in [0.15, 0.2) is 35.7 Å². The van der Waals surface area contributed by atoms with E-state index in [0.717, 1.165) is 29.4 Å². The van der Waals surface area contributed by atoms with Gasteiger partial charge >= 0.3 is 0 Å². The van der Waals surface area contributed by atoms with Crippen molar-refractivity contribution in [1.29, 1.82) is 0 Å². The molecule has 2 rings (SSSR count). The molecule has 1 N–H and O–H groups in total. The van der Waals surface area contributed by atoms with Crippen LogP contribution in [0.3, 0.4) is 0 Å². The second-order valence-electron chi connectivity index (χ2n) is 4.20. The quantitative estimate of drug-likeness (QED) is 0.842. The van der Waals surface area contributed by atoms with E-state index < -0.39 is 0 Å². The van der Waals surface area contributed by atoms with Crippen molar-refractivity contribution >= 4 is 11.3 Å². The smallest absolute Gasteiger partial charge is 0.134 e. The van der Waals surface area contributed by atoms with Gasteiger partial charge in [0.05, 0.1) is 5.69 Å². The van der Waals surface area contributed by atoms with Crippen molar-refractivity contribution < 1.29 is 4.74 Å². The van der Waals surface area contributed by atoms with Crippen molar-refractivity contribution in [3.63, 3.8) is 0 Å². The first-order chi connectivity index (χ1) is 9.35. The van der Waals surface area contributed by atoms with E-state index in [1.807, 2.05) is 25.1 Å². The van der Waals surface area contributed by atoms with E-state index >= 15 is 0 Å².